The number of ether oxygens (including phenoxy) is 1. The van der Waals surface area contributed by atoms with E-state index in [2.05, 4.69) is 0 Å². The Morgan fingerprint density at radius 2 is 1.95 bits per heavy atom. The Kier molecular flexibility index (Phi) is 5.98. The molecule has 0 aliphatic rings. The number of carbonyl (C=O) groups excluding carboxylic acids is 1. The third kappa shape index (κ3) is 5.59. The molecule has 0 bridgehead atoms. The van der Waals surface area contributed by atoms with Crippen LogP contribution in [0.3, 0.4) is 0 Å². The highest BCUT2D eigenvalue weighted by atomic mass is 16.5. The standard InChI is InChI=1S/C15H24N2O3/c1-4-17(11-15(2,3)19)14(18)10-20-13-7-5-12(9-16)6-8-13/h5-8,19H,4,9-11,16H2,1-3H3. The second-order valence-corrected chi connectivity index (χ2v) is 5.36. The summed E-state index contributed by atoms with van der Waals surface area (Å²) in [6.45, 7) is 6.50. The number of benzene rings is 1. The summed E-state index contributed by atoms with van der Waals surface area (Å²) in [5.41, 5.74) is 5.62. The van der Waals surface area contributed by atoms with Crippen LogP contribution in [-0.2, 0) is 11.3 Å². The van der Waals surface area contributed by atoms with Crippen molar-refractivity contribution in [2.24, 2.45) is 5.73 Å². The van der Waals surface area contributed by atoms with Crippen LogP contribution in [0.25, 0.3) is 0 Å². The highest BCUT2D eigenvalue weighted by Crippen LogP contribution is 2.12. The van der Waals surface area contributed by atoms with E-state index in [1.54, 1.807) is 30.9 Å². The lowest BCUT2D eigenvalue weighted by atomic mass is 10.1. The number of aliphatic hydroxyl groups is 1. The second kappa shape index (κ2) is 7.26. The van der Waals surface area contributed by atoms with E-state index < -0.39 is 5.60 Å². The van der Waals surface area contributed by atoms with Crippen LogP contribution in [0.15, 0.2) is 24.3 Å². The average Bonchev–Trinajstić information content (AvgIpc) is 2.41. The molecule has 20 heavy (non-hydrogen) atoms. The van der Waals surface area contributed by atoms with Gasteiger partial charge in [0.15, 0.2) is 6.61 Å². The predicted octanol–water partition coefficient (Wildman–Crippen LogP) is 1.14. The van der Waals surface area contributed by atoms with Crippen molar-refractivity contribution < 1.29 is 14.6 Å². The lowest BCUT2D eigenvalue weighted by Crippen LogP contribution is -2.44. The zero-order chi connectivity index (χ0) is 15.2. The zero-order valence-corrected chi connectivity index (χ0v) is 12.4. The van der Waals surface area contributed by atoms with Gasteiger partial charge in [0.1, 0.15) is 5.75 Å². The van der Waals surface area contributed by atoms with Gasteiger partial charge in [0.25, 0.3) is 5.91 Å². The molecule has 1 rings (SSSR count). The van der Waals surface area contributed by atoms with Crippen LogP contribution < -0.4 is 10.5 Å². The van der Waals surface area contributed by atoms with Gasteiger partial charge in [-0.1, -0.05) is 12.1 Å². The fourth-order valence-corrected chi connectivity index (χ4v) is 1.80. The average molecular weight is 280 g/mol. The first-order chi connectivity index (χ1) is 9.35. The number of hydrogen-bond acceptors (Lipinski definition) is 4. The van der Waals surface area contributed by atoms with Crippen LogP contribution in [0.1, 0.15) is 26.3 Å². The molecule has 5 nitrogen and oxygen atoms in total. The molecule has 112 valence electrons. The zero-order valence-electron chi connectivity index (χ0n) is 12.4. The summed E-state index contributed by atoms with van der Waals surface area (Å²) in [6, 6.07) is 7.33. The molecule has 5 heteroatoms. The minimum Gasteiger partial charge on any atom is -0.484 e. The maximum absolute atomic E-state index is 12.0. The molecule has 0 spiro atoms. The normalized spacial score (nSPS) is 11.2. The van der Waals surface area contributed by atoms with Crippen LogP contribution >= 0.6 is 0 Å². The van der Waals surface area contributed by atoms with E-state index >= 15 is 0 Å². The lowest BCUT2D eigenvalue weighted by Gasteiger charge is -2.28. The molecular weight excluding hydrogens is 256 g/mol. The summed E-state index contributed by atoms with van der Waals surface area (Å²) < 4.78 is 5.45. The van der Waals surface area contributed by atoms with Crippen molar-refractivity contribution in [2.45, 2.75) is 32.9 Å². The summed E-state index contributed by atoms with van der Waals surface area (Å²) >= 11 is 0. The summed E-state index contributed by atoms with van der Waals surface area (Å²) in [4.78, 5) is 13.6. The number of nitrogens with two attached hydrogens (primary N) is 1. The van der Waals surface area contributed by atoms with Crippen molar-refractivity contribution in [3.63, 3.8) is 0 Å². The van der Waals surface area contributed by atoms with Crippen molar-refractivity contribution in [1.82, 2.24) is 4.90 Å². The molecule has 0 aliphatic heterocycles. The molecule has 0 radical (unpaired) electrons. The van der Waals surface area contributed by atoms with Crippen molar-refractivity contribution in [3.8, 4) is 5.75 Å². The topological polar surface area (TPSA) is 75.8 Å². The smallest absolute Gasteiger partial charge is 0.260 e. The number of likely N-dealkylation sites (N-methyl/N-ethyl adjacent to an activating group) is 1. The summed E-state index contributed by atoms with van der Waals surface area (Å²) in [6.07, 6.45) is 0. The molecule has 0 aliphatic carbocycles. The number of hydrogen-bond donors (Lipinski definition) is 2. The van der Waals surface area contributed by atoms with Gasteiger partial charge in [0, 0.05) is 19.6 Å². The van der Waals surface area contributed by atoms with E-state index in [9.17, 15) is 9.90 Å². The first-order valence-corrected chi connectivity index (χ1v) is 6.77. The Morgan fingerprint density at radius 1 is 1.35 bits per heavy atom. The van der Waals surface area contributed by atoms with Crippen LogP contribution in [0.2, 0.25) is 0 Å². The predicted molar refractivity (Wildman–Crippen MR) is 78.4 cm³/mol. The number of amides is 1. The van der Waals surface area contributed by atoms with Crippen molar-refractivity contribution in [1.29, 1.82) is 0 Å². The number of nitrogens with zero attached hydrogens (tertiary/aromatic N) is 1. The molecule has 1 amide bonds. The van der Waals surface area contributed by atoms with Crippen molar-refractivity contribution in [3.05, 3.63) is 29.8 Å². The molecule has 0 heterocycles. The summed E-state index contributed by atoms with van der Waals surface area (Å²) in [5, 5.41) is 9.76. The molecule has 0 atom stereocenters. The van der Waals surface area contributed by atoms with Crippen molar-refractivity contribution in [2.75, 3.05) is 19.7 Å². The Bertz CT molecular complexity index is 424. The van der Waals surface area contributed by atoms with Crippen LogP contribution in [0.5, 0.6) is 5.75 Å². The monoisotopic (exact) mass is 280 g/mol. The van der Waals surface area contributed by atoms with E-state index in [4.69, 9.17) is 10.5 Å². The van der Waals surface area contributed by atoms with Gasteiger partial charge in [-0.25, -0.2) is 0 Å². The third-order valence-electron chi connectivity index (χ3n) is 2.83. The summed E-state index contributed by atoms with van der Waals surface area (Å²) in [7, 11) is 0. The highest BCUT2D eigenvalue weighted by Gasteiger charge is 2.21. The lowest BCUT2D eigenvalue weighted by molar-refractivity contribution is -0.136. The van der Waals surface area contributed by atoms with E-state index in [1.807, 2.05) is 19.1 Å². The van der Waals surface area contributed by atoms with E-state index in [1.165, 1.54) is 0 Å². The van der Waals surface area contributed by atoms with Gasteiger partial charge in [0.05, 0.1) is 5.60 Å². The molecule has 0 fully saturated rings. The minimum atomic E-state index is -0.908. The first-order valence-electron chi connectivity index (χ1n) is 6.77. The molecule has 0 aromatic heterocycles. The van der Waals surface area contributed by atoms with E-state index in [-0.39, 0.29) is 19.1 Å². The third-order valence-corrected chi connectivity index (χ3v) is 2.83. The largest absolute Gasteiger partial charge is 0.484 e. The SMILES string of the molecule is CCN(CC(C)(C)O)C(=O)COc1ccc(CN)cc1. The molecule has 3 N–H and O–H groups in total. The Balaban J connectivity index is 2.52. The molecule has 1 aromatic carbocycles. The fourth-order valence-electron chi connectivity index (χ4n) is 1.80. The fraction of sp³-hybridized carbons (Fsp3) is 0.533. The van der Waals surface area contributed by atoms with E-state index in [0.29, 0.717) is 18.8 Å². The van der Waals surface area contributed by atoms with Crippen molar-refractivity contribution >= 4 is 5.91 Å². The van der Waals surface area contributed by atoms with Gasteiger partial charge in [0.2, 0.25) is 0 Å². The maximum Gasteiger partial charge on any atom is 0.260 e. The van der Waals surface area contributed by atoms with Crippen LogP contribution in [-0.4, -0.2) is 41.2 Å². The van der Waals surface area contributed by atoms with Gasteiger partial charge in [-0.05, 0) is 38.5 Å². The molecular formula is C15H24N2O3. The van der Waals surface area contributed by atoms with Crippen LogP contribution in [0.4, 0.5) is 0 Å². The molecule has 1 aromatic rings. The summed E-state index contributed by atoms with van der Waals surface area (Å²) in [5.74, 6) is 0.493. The maximum atomic E-state index is 12.0. The number of carbonyl (C=O) groups is 1. The molecule has 0 saturated heterocycles. The quantitative estimate of drug-likeness (QED) is 0.785. The first kappa shape index (κ1) is 16.5. The second-order valence-electron chi connectivity index (χ2n) is 5.36. The molecule has 0 saturated carbocycles. The van der Waals surface area contributed by atoms with Gasteiger partial charge in [-0.3, -0.25) is 4.79 Å². The number of rotatable bonds is 7. The van der Waals surface area contributed by atoms with Gasteiger partial charge in [-0.2, -0.15) is 0 Å². The Hall–Kier alpha value is -1.59. The highest BCUT2D eigenvalue weighted by molar-refractivity contribution is 5.77. The Morgan fingerprint density at radius 3 is 2.40 bits per heavy atom. The van der Waals surface area contributed by atoms with Gasteiger partial charge >= 0.3 is 0 Å². The minimum absolute atomic E-state index is 0.0358. The van der Waals surface area contributed by atoms with Crippen LogP contribution in [0, 0.1) is 0 Å². The van der Waals surface area contributed by atoms with Gasteiger partial charge < -0.3 is 20.5 Å². The molecule has 0 unspecified atom stereocenters. The van der Waals surface area contributed by atoms with E-state index in [0.717, 1.165) is 5.56 Å². The Labute approximate surface area is 120 Å². The van der Waals surface area contributed by atoms with Gasteiger partial charge in [-0.15, -0.1) is 0 Å².